The molecule has 1 aliphatic rings. The molecule has 0 unspecified atom stereocenters. The summed E-state index contributed by atoms with van der Waals surface area (Å²) in [6.07, 6.45) is -3.79. The number of likely N-dealkylation sites (tertiary alicyclic amines) is 1. The minimum Gasteiger partial charge on any atom is -0.507 e. The highest BCUT2D eigenvalue weighted by atomic mass is 19.4. The Morgan fingerprint density at radius 3 is 2.41 bits per heavy atom. The Morgan fingerprint density at radius 2 is 1.91 bits per heavy atom. The number of rotatable bonds is 3. The van der Waals surface area contributed by atoms with Crippen molar-refractivity contribution in [3.8, 4) is 17.0 Å². The minimum absolute atomic E-state index is 0.0163. The fraction of sp³-hybridized carbons (Fsp3) is 0.435. The van der Waals surface area contributed by atoms with Gasteiger partial charge >= 0.3 is 6.18 Å². The van der Waals surface area contributed by atoms with Crippen molar-refractivity contribution in [3.63, 3.8) is 0 Å². The zero-order valence-electron chi connectivity index (χ0n) is 18.9. The fourth-order valence-corrected chi connectivity index (χ4v) is 3.66. The molecule has 1 aromatic carbocycles. The van der Waals surface area contributed by atoms with Gasteiger partial charge in [-0.3, -0.25) is 9.79 Å². The molecule has 32 heavy (non-hydrogen) atoms. The highest BCUT2D eigenvalue weighted by Gasteiger charge is 2.32. The van der Waals surface area contributed by atoms with Crippen molar-refractivity contribution in [1.29, 1.82) is 0 Å². The number of halogens is 3. The molecule has 0 radical (unpaired) electrons. The summed E-state index contributed by atoms with van der Waals surface area (Å²) in [6.45, 7) is 10.0. The Hall–Kier alpha value is -3.10. The number of benzene rings is 1. The van der Waals surface area contributed by atoms with Gasteiger partial charge in [0.15, 0.2) is 0 Å². The van der Waals surface area contributed by atoms with Gasteiger partial charge in [0.25, 0.3) is 0 Å². The zero-order chi connectivity index (χ0) is 24.2. The van der Waals surface area contributed by atoms with Crippen LogP contribution >= 0.6 is 0 Å². The van der Waals surface area contributed by atoms with Crippen LogP contribution in [0.2, 0.25) is 0 Å². The molecule has 3 N–H and O–H groups in total. The van der Waals surface area contributed by atoms with Crippen molar-refractivity contribution in [2.45, 2.75) is 53.3 Å². The molecule has 1 aliphatic heterocycles. The van der Waals surface area contributed by atoms with Crippen molar-refractivity contribution >= 4 is 17.4 Å². The van der Waals surface area contributed by atoms with E-state index in [1.54, 1.807) is 24.0 Å². The van der Waals surface area contributed by atoms with Gasteiger partial charge in [-0.05, 0) is 50.1 Å². The lowest BCUT2D eigenvalue weighted by Gasteiger charge is -2.15. The van der Waals surface area contributed by atoms with Crippen molar-refractivity contribution in [2.75, 3.05) is 18.8 Å². The lowest BCUT2D eigenvalue weighted by Crippen LogP contribution is -2.26. The molecule has 2 heterocycles. The summed E-state index contributed by atoms with van der Waals surface area (Å²) in [5, 5.41) is 10.2. The topological polar surface area (TPSA) is 91.8 Å². The van der Waals surface area contributed by atoms with Gasteiger partial charge in [-0.1, -0.05) is 13.8 Å². The molecular weight excluding hydrogens is 421 g/mol. The first-order valence-corrected chi connectivity index (χ1v) is 10.5. The first-order valence-electron chi connectivity index (χ1n) is 10.5. The van der Waals surface area contributed by atoms with Crippen molar-refractivity contribution in [2.24, 2.45) is 4.99 Å². The second-order valence-corrected chi connectivity index (χ2v) is 7.44. The number of anilines is 1. The van der Waals surface area contributed by atoms with E-state index in [1.165, 1.54) is 13.8 Å². The van der Waals surface area contributed by atoms with Gasteiger partial charge in [-0.15, -0.1) is 0 Å². The number of aromatic hydroxyl groups is 1. The predicted octanol–water partition coefficient (Wildman–Crippen LogP) is 4.82. The van der Waals surface area contributed by atoms with E-state index in [4.69, 9.17) is 5.73 Å². The molecule has 1 fully saturated rings. The normalized spacial score (nSPS) is 16.6. The number of alkyl halides is 3. The zero-order valence-corrected chi connectivity index (χ0v) is 18.9. The Kier molecular flexibility index (Phi) is 7.87. The van der Waals surface area contributed by atoms with Crippen LogP contribution in [0, 0.1) is 6.92 Å². The third-order valence-corrected chi connectivity index (χ3v) is 5.20. The van der Waals surface area contributed by atoms with E-state index in [0.717, 1.165) is 12.5 Å². The number of aliphatic imine (C=N–C) groups is 1. The van der Waals surface area contributed by atoms with Gasteiger partial charge in [0, 0.05) is 36.9 Å². The summed E-state index contributed by atoms with van der Waals surface area (Å²) >= 11 is 0. The van der Waals surface area contributed by atoms with Crippen LogP contribution in [-0.2, 0) is 11.0 Å². The number of phenols is 1. The van der Waals surface area contributed by atoms with Crippen LogP contribution in [0.1, 0.15) is 50.8 Å². The highest BCUT2D eigenvalue weighted by molar-refractivity contribution is 6.02. The molecule has 1 saturated heterocycles. The van der Waals surface area contributed by atoms with E-state index < -0.39 is 17.5 Å². The Labute approximate surface area is 186 Å². The molecule has 174 valence electrons. The SMILES string of the molecule is CC.CC(=O)N1CC[C@H](N=C(C)c2ccc(-c3c(C)cc(C(F)(F)F)cc3O)nc2N)C1. The van der Waals surface area contributed by atoms with Gasteiger partial charge < -0.3 is 15.7 Å². The lowest BCUT2D eigenvalue weighted by atomic mass is 9.99. The number of phenolic OH excluding ortho intramolecular Hbond substituents is 1. The monoisotopic (exact) mass is 450 g/mol. The number of nitrogens with two attached hydrogens (primary N) is 1. The maximum Gasteiger partial charge on any atom is 0.416 e. The van der Waals surface area contributed by atoms with E-state index in [-0.39, 0.29) is 34.6 Å². The second kappa shape index (κ2) is 10.0. The standard InChI is InChI=1S/C21H23F3N4O2.C2H6/c1-11-8-14(21(22,23)24)9-18(30)19(11)17-5-4-16(20(25)27-17)12(2)26-15-6-7-28(10-15)13(3)29;1-2/h4-5,8-9,15,30H,6-7,10H2,1-3H3,(H2,25,27);1-2H3/t15-;/m0./s1. The molecule has 0 spiro atoms. The van der Waals surface area contributed by atoms with Crippen LogP contribution in [-0.4, -0.2) is 45.7 Å². The maximum absolute atomic E-state index is 12.9. The van der Waals surface area contributed by atoms with Gasteiger partial charge in [0.1, 0.15) is 11.6 Å². The molecule has 1 atom stereocenters. The average molecular weight is 451 g/mol. The number of nitrogen functional groups attached to an aromatic ring is 1. The van der Waals surface area contributed by atoms with Gasteiger partial charge in [-0.2, -0.15) is 13.2 Å². The van der Waals surface area contributed by atoms with E-state index in [0.29, 0.717) is 30.4 Å². The smallest absolute Gasteiger partial charge is 0.416 e. The first-order chi connectivity index (χ1) is 15.0. The third-order valence-electron chi connectivity index (χ3n) is 5.20. The number of pyridine rings is 1. The van der Waals surface area contributed by atoms with Gasteiger partial charge in [0.2, 0.25) is 5.91 Å². The Morgan fingerprint density at radius 1 is 1.25 bits per heavy atom. The number of aryl methyl sites for hydroxylation is 1. The van der Waals surface area contributed by atoms with E-state index in [2.05, 4.69) is 9.98 Å². The average Bonchev–Trinajstić information content (AvgIpc) is 3.17. The second-order valence-electron chi connectivity index (χ2n) is 7.44. The molecule has 1 amide bonds. The molecule has 2 aromatic rings. The van der Waals surface area contributed by atoms with E-state index in [1.807, 2.05) is 13.8 Å². The van der Waals surface area contributed by atoms with Crippen molar-refractivity contribution in [3.05, 3.63) is 41.0 Å². The summed E-state index contributed by atoms with van der Waals surface area (Å²) in [5.41, 5.74) is 7.14. The fourth-order valence-electron chi connectivity index (χ4n) is 3.66. The molecule has 0 aliphatic carbocycles. The number of carbonyl (C=O) groups excluding carboxylic acids is 1. The highest BCUT2D eigenvalue weighted by Crippen LogP contribution is 2.38. The number of carbonyl (C=O) groups is 1. The Bertz CT molecular complexity index is 996. The summed E-state index contributed by atoms with van der Waals surface area (Å²) < 4.78 is 38.8. The number of amides is 1. The first kappa shape index (κ1) is 25.2. The quantitative estimate of drug-likeness (QED) is 0.656. The van der Waals surface area contributed by atoms with Gasteiger partial charge in [-0.25, -0.2) is 4.98 Å². The maximum atomic E-state index is 12.9. The van der Waals surface area contributed by atoms with Crippen molar-refractivity contribution < 1.29 is 23.1 Å². The number of hydrogen-bond acceptors (Lipinski definition) is 5. The third kappa shape index (κ3) is 5.57. The molecule has 1 aromatic heterocycles. The molecule has 0 bridgehead atoms. The van der Waals surface area contributed by atoms with E-state index >= 15 is 0 Å². The minimum atomic E-state index is -4.55. The molecule has 3 rings (SSSR count). The van der Waals surface area contributed by atoms with Crippen LogP contribution in [0.4, 0.5) is 19.0 Å². The number of aromatic nitrogens is 1. The number of hydrogen-bond donors (Lipinski definition) is 2. The van der Waals surface area contributed by atoms with Crippen LogP contribution in [0.3, 0.4) is 0 Å². The largest absolute Gasteiger partial charge is 0.507 e. The van der Waals surface area contributed by atoms with Crippen LogP contribution in [0.15, 0.2) is 29.3 Å². The molecular formula is C23H29F3N4O2. The van der Waals surface area contributed by atoms with Crippen LogP contribution < -0.4 is 5.73 Å². The predicted molar refractivity (Wildman–Crippen MR) is 120 cm³/mol. The van der Waals surface area contributed by atoms with Gasteiger partial charge in [0.05, 0.1) is 17.3 Å². The summed E-state index contributed by atoms with van der Waals surface area (Å²) in [7, 11) is 0. The van der Waals surface area contributed by atoms with Crippen LogP contribution in [0.25, 0.3) is 11.3 Å². The van der Waals surface area contributed by atoms with Crippen molar-refractivity contribution in [1.82, 2.24) is 9.88 Å². The summed E-state index contributed by atoms with van der Waals surface area (Å²) in [6, 6.07) is 4.91. The van der Waals surface area contributed by atoms with E-state index in [9.17, 15) is 23.1 Å². The molecule has 9 heteroatoms. The molecule has 0 saturated carbocycles. The number of nitrogens with zero attached hydrogens (tertiary/aromatic N) is 3. The molecule has 6 nitrogen and oxygen atoms in total. The summed E-state index contributed by atoms with van der Waals surface area (Å²) in [5.74, 6) is -0.334. The Balaban J connectivity index is 0.00000176. The van der Waals surface area contributed by atoms with Crippen LogP contribution in [0.5, 0.6) is 5.75 Å². The summed E-state index contributed by atoms with van der Waals surface area (Å²) in [4.78, 5) is 22.1. The lowest BCUT2D eigenvalue weighted by molar-refractivity contribution is -0.137.